The maximum atomic E-state index is 11.2. The lowest BCUT2D eigenvalue weighted by Crippen LogP contribution is -2.36. The largest absolute Gasteiger partial charge is 0.480 e. The molecule has 0 saturated carbocycles. The molecule has 0 spiro atoms. The van der Waals surface area contributed by atoms with Crippen molar-refractivity contribution in [2.45, 2.75) is 13.5 Å². The molecule has 5 heteroatoms. The van der Waals surface area contributed by atoms with Gasteiger partial charge in [-0.3, -0.25) is 9.59 Å². The average molecular weight is 236 g/mol. The molecule has 0 aliphatic heterocycles. The van der Waals surface area contributed by atoms with Gasteiger partial charge in [-0.1, -0.05) is 24.3 Å². The molecule has 0 unspecified atom stereocenters. The van der Waals surface area contributed by atoms with Gasteiger partial charge in [0.1, 0.15) is 6.54 Å². The van der Waals surface area contributed by atoms with E-state index in [1.807, 2.05) is 31.2 Å². The number of aliphatic carboxylic acids is 1. The molecule has 0 saturated heterocycles. The number of benzene rings is 1. The van der Waals surface area contributed by atoms with Crippen LogP contribution in [0.4, 0.5) is 0 Å². The van der Waals surface area contributed by atoms with Gasteiger partial charge in [-0.25, -0.2) is 0 Å². The number of aryl methyl sites for hydroxylation is 1. The molecule has 0 aromatic heterocycles. The predicted octanol–water partition coefficient (Wildman–Crippen LogP) is 0.285. The fourth-order valence-corrected chi connectivity index (χ4v) is 1.36. The Morgan fingerprint density at radius 3 is 2.59 bits per heavy atom. The lowest BCUT2D eigenvalue weighted by molar-refractivity contribution is -0.137. The van der Waals surface area contributed by atoms with Crippen molar-refractivity contribution in [3.05, 3.63) is 35.4 Å². The van der Waals surface area contributed by atoms with Crippen LogP contribution in [0.15, 0.2) is 24.3 Å². The molecule has 0 aliphatic carbocycles. The highest BCUT2D eigenvalue weighted by Crippen LogP contribution is 2.05. The highest BCUT2D eigenvalue weighted by Gasteiger charge is 2.03. The van der Waals surface area contributed by atoms with Crippen molar-refractivity contribution in [3.63, 3.8) is 0 Å². The van der Waals surface area contributed by atoms with Crippen LogP contribution >= 0.6 is 0 Å². The van der Waals surface area contributed by atoms with E-state index in [0.29, 0.717) is 6.54 Å². The number of nitrogens with one attached hydrogen (secondary N) is 2. The minimum Gasteiger partial charge on any atom is -0.480 e. The van der Waals surface area contributed by atoms with Crippen molar-refractivity contribution in [1.82, 2.24) is 10.6 Å². The van der Waals surface area contributed by atoms with Gasteiger partial charge in [-0.05, 0) is 18.1 Å². The van der Waals surface area contributed by atoms with Crippen LogP contribution in [-0.4, -0.2) is 30.1 Å². The van der Waals surface area contributed by atoms with Gasteiger partial charge in [0, 0.05) is 6.54 Å². The van der Waals surface area contributed by atoms with E-state index in [2.05, 4.69) is 10.6 Å². The summed E-state index contributed by atoms with van der Waals surface area (Å²) < 4.78 is 0. The Kier molecular flexibility index (Phi) is 5.16. The summed E-state index contributed by atoms with van der Waals surface area (Å²) in [5.41, 5.74) is 2.28. The van der Waals surface area contributed by atoms with Crippen LogP contribution in [0.3, 0.4) is 0 Å². The van der Waals surface area contributed by atoms with Gasteiger partial charge in [0.25, 0.3) is 0 Å². The molecule has 0 heterocycles. The lowest BCUT2D eigenvalue weighted by Gasteiger charge is -2.07. The first-order valence-corrected chi connectivity index (χ1v) is 5.33. The minimum absolute atomic E-state index is 0.113. The highest BCUT2D eigenvalue weighted by atomic mass is 16.4. The van der Waals surface area contributed by atoms with Crippen LogP contribution in [0.1, 0.15) is 11.1 Å². The summed E-state index contributed by atoms with van der Waals surface area (Å²) in [6.07, 6.45) is 0. The number of carboxylic acids is 1. The number of amides is 1. The molecule has 1 rings (SSSR count). The number of carbonyl (C=O) groups excluding carboxylic acids is 1. The fourth-order valence-electron chi connectivity index (χ4n) is 1.36. The van der Waals surface area contributed by atoms with Gasteiger partial charge in [-0.15, -0.1) is 0 Å². The summed E-state index contributed by atoms with van der Waals surface area (Å²) >= 11 is 0. The Morgan fingerprint density at radius 2 is 1.94 bits per heavy atom. The second-order valence-electron chi connectivity index (χ2n) is 3.70. The zero-order chi connectivity index (χ0) is 12.7. The van der Waals surface area contributed by atoms with E-state index < -0.39 is 5.97 Å². The molecule has 17 heavy (non-hydrogen) atoms. The van der Waals surface area contributed by atoms with E-state index in [4.69, 9.17) is 5.11 Å². The smallest absolute Gasteiger partial charge is 0.322 e. The molecule has 92 valence electrons. The summed E-state index contributed by atoms with van der Waals surface area (Å²) in [5, 5.41) is 13.6. The molecule has 0 fully saturated rings. The Bertz CT molecular complexity index is 404. The molecular weight excluding hydrogens is 220 g/mol. The molecule has 0 atom stereocenters. The second kappa shape index (κ2) is 6.65. The maximum Gasteiger partial charge on any atom is 0.322 e. The van der Waals surface area contributed by atoms with E-state index in [0.717, 1.165) is 11.1 Å². The van der Waals surface area contributed by atoms with Crippen molar-refractivity contribution in [2.24, 2.45) is 0 Å². The highest BCUT2D eigenvalue weighted by molar-refractivity contribution is 5.82. The van der Waals surface area contributed by atoms with Gasteiger partial charge in [0.05, 0.1) is 6.54 Å². The first-order valence-electron chi connectivity index (χ1n) is 5.33. The van der Waals surface area contributed by atoms with Crippen molar-refractivity contribution >= 4 is 11.9 Å². The van der Waals surface area contributed by atoms with Gasteiger partial charge in [-0.2, -0.15) is 0 Å². The van der Waals surface area contributed by atoms with Crippen LogP contribution in [0.5, 0.6) is 0 Å². The summed E-state index contributed by atoms with van der Waals surface area (Å²) in [4.78, 5) is 21.4. The molecule has 3 N–H and O–H groups in total. The van der Waals surface area contributed by atoms with Crippen LogP contribution in [-0.2, 0) is 16.1 Å². The molecule has 1 aromatic rings. The number of rotatable bonds is 6. The summed E-state index contributed by atoms with van der Waals surface area (Å²) in [7, 11) is 0. The first kappa shape index (κ1) is 13.2. The molecule has 0 aliphatic rings. The van der Waals surface area contributed by atoms with Gasteiger partial charge in [0.15, 0.2) is 0 Å². The van der Waals surface area contributed by atoms with Crippen LogP contribution in [0.25, 0.3) is 0 Å². The average Bonchev–Trinajstić information content (AvgIpc) is 2.29. The number of hydrogen-bond acceptors (Lipinski definition) is 3. The maximum absolute atomic E-state index is 11.2. The topological polar surface area (TPSA) is 78.4 Å². The third kappa shape index (κ3) is 5.12. The third-order valence-electron chi connectivity index (χ3n) is 2.30. The normalized spacial score (nSPS) is 9.94. The summed E-state index contributed by atoms with van der Waals surface area (Å²) in [6.45, 7) is 2.36. The van der Waals surface area contributed by atoms with Crippen molar-refractivity contribution in [3.8, 4) is 0 Å². The van der Waals surface area contributed by atoms with E-state index in [1.54, 1.807) is 0 Å². The summed E-state index contributed by atoms with van der Waals surface area (Å²) in [6, 6.07) is 7.88. The monoisotopic (exact) mass is 236 g/mol. The van der Waals surface area contributed by atoms with E-state index in [-0.39, 0.29) is 19.0 Å². The zero-order valence-corrected chi connectivity index (χ0v) is 9.69. The molecule has 1 aromatic carbocycles. The standard InChI is InChI=1S/C12H16N2O3/c1-9-4-2-3-5-10(9)6-13-7-11(15)14-8-12(16)17/h2-5,13H,6-8H2,1H3,(H,14,15)(H,16,17). The van der Waals surface area contributed by atoms with Crippen LogP contribution in [0, 0.1) is 6.92 Å². The van der Waals surface area contributed by atoms with Gasteiger partial charge in [0.2, 0.25) is 5.91 Å². The molecular formula is C12H16N2O3. The van der Waals surface area contributed by atoms with Crippen molar-refractivity contribution in [2.75, 3.05) is 13.1 Å². The second-order valence-corrected chi connectivity index (χ2v) is 3.70. The molecule has 0 radical (unpaired) electrons. The number of hydrogen-bond donors (Lipinski definition) is 3. The number of carbonyl (C=O) groups is 2. The Labute approximate surface area is 99.8 Å². The van der Waals surface area contributed by atoms with Gasteiger partial charge >= 0.3 is 5.97 Å². The lowest BCUT2D eigenvalue weighted by atomic mass is 10.1. The van der Waals surface area contributed by atoms with Crippen molar-refractivity contribution in [1.29, 1.82) is 0 Å². The Hall–Kier alpha value is -1.88. The third-order valence-corrected chi connectivity index (χ3v) is 2.30. The fraction of sp³-hybridized carbons (Fsp3) is 0.333. The van der Waals surface area contributed by atoms with Crippen molar-refractivity contribution < 1.29 is 14.7 Å². The quantitative estimate of drug-likeness (QED) is 0.663. The SMILES string of the molecule is Cc1ccccc1CNCC(=O)NCC(=O)O. The van der Waals surface area contributed by atoms with E-state index >= 15 is 0 Å². The van der Waals surface area contributed by atoms with E-state index in [1.165, 1.54) is 0 Å². The molecule has 5 nitrogen and oxygen atoms in total. The van der Waals surface area contributed by atoms with Gasteiger partial charge < -0.3 is 15.7 Å². The first-order chi connectivity index (χ1) is 8.09. The van der Waals surface area contributed by atoms with E-state index in [9.17, 15) is 9.59 Å². The summed E-state index contributed by atoms with van der Waals surface area (Å²) in [5.74, 6) is -1.36. The van der Waals surface area contributed by atoms with Crippen LogP contribution in [0.2, 0.25) is 0 Å². The predicted molar refractivity (Wildman–Crippen MR) is 63.5 cm³/mol. The molecule has 0 bridgehead atoms. The zero-order valence-electron chi connectivity index (χ0n) is 9.69. The minimum atomic E-state index is -1.04. The Morgan fingerprint density at radius 1 is 1.24 bits per heavy atom. The number of carboxylic acid groups (broad SMARTS) is 1. The van der Waals surface area contributed by atoms with Crippen LogP contribution < -0.4 is 10.6 Å². The Balaban J connectivity index is 2.26. The molecule has 1 amide bonds.